The van der Waals surface area contributed by atoms with E-state index in [9.17, 15) is 14.7 Å². The number of hydrogen-bond acceptors (Lipinski definition) is 6. The molecule has 2 aromatic rings. The van der Waals surface area contributed by atoms with Crippen molar-refractivity contribution < 1.29 is 24.2 Å². The molecule has 2 aromatic carbocycles. The summed E-state index contributed by atoms with van der Waals surface area (Å²) in [6, 6.07) is 12.1. The molecule has 1 saturated heterocycles. The van der Waals surface area contributed by atoms with Crippen molar-refractivity contribution in [1.82, 2.24) is 9.80 Å². The minimum absolute atomic E-state index is 0.101. The fraction of sp³-hybridized carbons (Fsp3) is 0.484. The van der Waals surface area contributed by atoms with Crippen LogP contribution < -0.4 is 9.47 Å². The van der Waals surface area contributed by atoms with E-state index in [-0.39, 0.29) is 11.3 Å². The fourth-order valence-electron chi connectivity index (χ4n) is 4.49. The van der Waals surface area contributed by atoms with E-state index >= 15 is 0 Å². The van der Waals surface area contributed by atoms with Crippen LogP contribution in [0.1, 0.15) is 68.7 Å². The van der Waals surface area contributed by atoms with Gasteiger partial charge in [0, 0.05) is 18.7 Å². The first-order valence-electron chi connectivity index (χ1n) is 13.7. The van der Waals surface area contributed by atoms with E-state index in [1.807, 2.05) is 56.3 Å². The fourth-order valence-corrected chi connectivity index (χ4v) is 4.49. The highest BCUT2D eigenvalue weighted by Crippen LogP contribution is 2.40. The van der Waals surface area contributed by atoms with Crippen molar-refractivity contribution in [3.63, 3.8) is 0 Å². The minimum atomic E-state index is -0.690. The molecule has 1 fully saturated rings. The maximum absolute atomic E-state index is 13.3. The van der Waals surface area contributed by atoms with Crippen LogP contribution in [0.2, 0.25) is 0 Å². The van der Waals surface area contributed by atoms with E-state index in [0.717, 1.165) is 54.7 Å². The SMILES string of the molecule is CCCCCOc1ccc(C2C(=C(O)c3ccc(OCCCC)c(C)c3)C(=O)C(=O)N2CCN(C)C)cc1. The van der Waals surface area contributed by atoms with E-state index in [2.05, 4.69) is 13.8 Å². The molecule has 0 aliphatic carbocycles. The van der Waals surface area contributed by atoms with Gasteiger partial charge in [-0.15, -0.1) is 0 Å². The molecular weight excluding hydrogens is 480 g/mol. The van der Waals surface area contributed by atoms with Gasteiger partial charge in [-0.2, -0.15) is 0 Å². The largest absolute Gasteiger partial charge is 0.507 e. The van der Waals surface area contributed by atoms with Gasteiger partial charge in [0.15, 0.2) is 0 Å². The third-order valence-electron chi connectivity index (χ3n) is 6.74. The Hall–Kier alpha value is -3.32. The first kappa shape index (κ1) is 29.2. The Kier molecular flexibility index (Phi) is 10.8. The zero-order valence-corrected chi connectivity index (χ0v) is 23.5. The Morgan fingerprint density at radius 1 is 0.947 bits per heavy atom. The summed E-state index contributed by atoms with van der Waals surface area (Å²) in [5.41, 5.74) is 2.19. The quantitative estimate of drug-likeness (QED) is 0.148. The van der Waals surface area contributed by atoms with Gasteiger partial charge in [-0.25, -0.2) is 0 Å². The summed E-state index contributed by atoms with van der Waals surface area (Å²) in [7, 11) is 3.84. The standard InChI is InChI=1S/C31H42N2O5/c1-6-8-10-20-37-25-14-11-23(12-15-25)28-27(30(35)31(36)33(28)18-17-32(4)5)29(34)24-13-16-26(22(3)21-24)38-19-9-7-2/h11-16,21,28,34H,6-10,17-20H2,1-5H3. The number of benzene rings is 2. The van der Waals surface area contributed by atoms with E-state index in [1.165, 1.54) is 0 Å². The van der Waals surface area contributed by atoms with Crippen molar-refractivity contribution in [2.45, 2.75) is 58.9 Å². The number of aryl methyl sites for hydroxylation is 1. The number of hydrogen-bond donors (Lipinski definition) is 1. The molecule has 0 bridgehead atoms. The van der Waals surface area contributed by atoms with Crippen LogP contribution in [0.25, 0.3) is 5.76 Å². The van der Waals surface area contributed by atoms with E-state index in [1.54, 1.807) is 17.0 Å². The molecule has 7 nitrogen and oxygen atoms in total. The van der Waals surface area contributed by atoms with Crippen LogP contribution in [0, 0.1) is 6.92 Å². The number of likely N-dealkylation sites (N-methyl/N-ethyl adjacent to an activating group) is 1. The second-order valence-electron chi connectivity index (χ2n) is 10.1. The van der Waals surface area contributed by atoms with Gasteiger partial charge in [-0.1, -0.05) is 45.2 Å². The molecule has 7 heteroatoms. The van der Waals surface area contributed by atoms with Crippen molar-refractivity contribution in [1.29, 1.82) is 0 Å². The number of aliphatic hydroxyl groups excluding tert-OH is 1. The number of unbranched alkanes of at least 4 members (excludes halogenated alkanes) is 3. The van der Waals surface area contributed by atoms with Gasteiger partial charge >= 0.3 is 0 Å². The maximum atomic E-state index is 13.3. The average Bonchev–Trinajstić information content (AvgIpc) is 3.15. The predicted octanol–water partition coefficient (Wildman–Crippen LogP) is 5.73. The number of likely N-dealkylation sites (tertiary alicyclic amines) is 1. The Morgan fingerprint density at radius 2 is 1.63 bits per heavy atom. The third kappa shape index (κ3) is 7.16. The van der Waals surface area contributed by atoms with Crippen LogP contribution in [0.4, 0.5) is 0 Å². The number of amides is 1. The van der Waals surface area contributed by atoms with E-state index in [0.29, 0.717) is 31.9 Å². The number of carbonyl (C=O) groups excluding carboxylic acids is 2. The number of ether oxygens (including phenoxy) is 2. The molecule has 1 aliphatic heterocycles. The number of nitrogens with zero attached hydrogens (tertiary/aromatic N) is 2. The summed E-state index contributed by atoms with van der Waals surface area (Å²) >= 11 is 0. The number of aliphatic hydroxyl groups is 1. The lowest BCUT2D eigenvalue weighted by molar-refractivity contribution is -0.140. The number of Topliss-reactive ketones (excluding diaryl/α,β-unsaturated/α-hetero) is 1. The molecule has 206 valence electrons. The topological polar surface area (TPSA) is 79.3 Å². The molecule has 3 rings (SSSR count). The monoisotopic (exact) mass is 522 g/mol. The molecule has 1 unspecified atom stereocenters. The summed E-state index contributed by atoms with van der Waals surface area (Å²) < 4.78 is 11.7. The van der Waals surface area contributed by atoms with Crippen LogP contribution >= 0.6 is 0 Å². The van der Waals surface area contributed by atoms with Gasteiger partial charge in [0.2, 0.25) is 0 Å². The Balaban J connectivity index is 1.97. The molecule has 1 aliphatic rings. The molecule has 0 saturated carbocycles. The predicted molar refractivity (Wildman–Crippen MR) is 151 cm³/mol. The van der Waals surface area contributed by atoms with E-state index in [4.69, 9.17) is 9.47 Å². The lowest BCUT2D eigenvalue weighted by atomic mass is 9.94. The smallest absolute Gasteiger partial charge is 0.295 e. The molecule has 0 aromatic heterocycles. The minimum Gasteiger partial charge on any atom is -0.507 e. The van der Waals surface area contributed by atoms with Gasteiger partial charge in [0.25, 0.3) is 11.7 Å². The summed E-state index contributed by atoms with van der Waals surface area (Å²) in [5, 5.41) is 11.4. The first-order chi connectivity index (χ1) is 18.3. The van der Waals surface area contributed by atoms with Gasteiger partial charge in [0.1, 0.15) is 17.3 Å². The van der Waals surface area contributed by atoms with Crippen molar-refractivity contribution in [3.8, 4) is 11.5 Å². The Morgan fingerprint density at radius 3 is 2.26 bits per heavy atom. The highest BCUT2D eigenvalue weighted by Gasteiger charge is 2.45. The van der Waals surface area contributed by atoms with Gasteiger partial charge in [-0.3, -0.25) is 9.59 Å². The van der Waals surface area contributed by atoms with Gasteiger partial charge < -0.3 is 24.4 Å². The lowest BCUT2D eigenvalue weighted by Gasteiger charge is -2.26. The van der Waals surface area contributed by atoms with E-state index < -0.39 is 17.7 Å². The van der Waals surface area contributed by atoms with Crippen molar-refractivity contribution in [2.24, 2.45) is 0 Å². The summed E-state index contributed by atoms with van der Waals surface area (Å²) in [6.45, 7) is 8.38. The number of rotatable bonds is 14. The van der Waals surface area contributed by atoms with Crippen LogP contribution in [0.3, 0.4) is 0 Å². The van der Waals surface area contributed by atoms with Crippen molar-refractivity contribution in [3.05, 3.63) is 64.7 Å². The molecule has 1 heterocycles. The third-order valence-corrected chi connectivity index (χ3v) is 6.74. The normalized spacial score (nSPS) is 16.9. The zero-order chi connectivity index (χ0) is 27.7. The number of carbonyl (C=O) groups is 2. The highest BCUT2D eigenvalue weighted by molar-refractivity contribution is 6.46. The van der Waals surface area contributed by atoms with Crippen LogP contribution in [-0.4, -0.2) is 67.0 Å². The average molecular weight is 523 g/mol. The molecular formula is C31H42N2O5. The second kappa shape index (κ2) is 14.0. The molecule has 1 amide bonds. The van der Waals surface area contributed by atoms with Crippen LogP contribution in [-0.2, 0) is 9.59 Å². The van der Waals surface area contributed by atoms with Crippen LogP contribution in [0.5, 0.6) is 11.5 Å². The summed E-state index contributed by atoms with van der Waals surface area (Å²) in [4.78, 5) is 30.0. The second-order valence-corrected chi connectivity index (χ2v) is 10.1. The van der Waals surface area contributed by atoms with Crippen LogP contribution in [0.15, 0.2) is 48.0 Å². The number of ketones is 1. The highest BCUT2D eigenvalue weighted by atomic mass is 16.5. The van der Waals surface area contributed by atoms with Crippen molar-refractivity contribution in [2.75, 3.05) is 40.4 Å². The van der Waals surface area contributed by atoms with Gasteiger partial charge in [0.05, 0.1) is 24.8 Å². The first-order valence-corrected chi connectivity index (χ1v) is 13.7. The zero-order valence-electron chi connectivity index (χ0n) is 23.5. The maximum Gasteiger partial charge on any atom is 0.295 e. The summed E-state index contributed by atoms with van der Waals surface area (Å²) in [6.07, 6.45) is 5.23. The van der Waals surface area contributed by atoms with Gasteiger partial charge in [-0.05, 0) is 75.3 Å². The summed E-state index contributed by atoms with van der Waals surface area (Å²) in [5.74, 6) is 0.0299. The molecule has 0 radical (unpaired) electrons. The lowest BCUT2D eigenvalue weighted by Crippen LogP contribution is -2.35. The molecule has 1 atom stereocenters. The molecule has 1 N–H and O–H groups in total. The van der Waals surface area contributed by atoms with Crippen molar-refractivity contribution >= 4 is 17.4 Å². The Labute approximate surface area is 227 Å². The Bertz CT molecular complexity index is 1120. The molecule has 0 spiro atoms. The molecule has 38 heavy (non-hydrogen) atoms.